The summed E-state index contributed by atoms with van der Waals surface area (Å²) in [5, 5.41) is 10.3. The lowest BCUT2D eigenvalue weighted by Crippen LogP contribution is -2.05. The van der Waals surface area contributed by atoms with Crippen molar-refractivity contribution in [1.82, 2.24) is 0 Å². The first-order valence-corrected chi connectivity index (χ1v) is 6.18. The second kappa shape index (κ2) is 5.85. The van der Waals surface area contributed by atoms with Crippen LogP contribution in [0.15, 0.2) is 42.5 Å². The maximum Gasteiger partial charge on any atom is 0.126 e. The summed E-state index contributed by atoms with van der Waals surface area (Å²) in [5.74, 6) is 0.322. The first-order chi connectivity index (χ1) is 9.11. The van der Waals surface area contributed by atoms with Gasteiger partial charge in [-0.2, -0.15) is 0 Å². The third kappa shape index (κ3) is 3.12. The fraction of sp³-hybridized carbons (Fsp3) is 0.250. The summed E-state index contributed by atoms with van der Waals surface area (Å²) < 4.78 is 18.8. The largest absolute Gasteiger partial charge is 0.496 e. The zero-order chi connectivity index (χ0) is 13.8. The van der Waals surface area contributed by atoms with Gasteiger partial charge in [-0.25, -0.2) is 4.39 Å². The van der Waals surface area contributed by atoms with E-state index in [-0.39, 0.29) is 12.2 Å². The Hall–Kier alpha value is -1.87. The first kappa shape index (κ1) is 13.6. The highest BCUT2D eigenvalue weighted by Crippen LogP contribution is 2.29. The fourth-order valence-corrected chi connectivity index (χ4v) is 2.10. The van der Waals surface area contributed by atoms with Crippen LogP contribution < -0.4 is 4.74 Å². The van der Waals surface area contributed by atoms with Crippen LogP contribution in [0.1, 0.15) is 22.8 Å². The predicted octanol–water partition coefficient (Wildman–Crippen LogP) is 3.42. The van der Waals surface area contributed by atoms with E-state index in [4.69, 9.17) is 4.74 Å². The molecule has 2 aromatic rings. The maximum absolute atomic E-state index is 13.6. The lowest BCUT2D eigenvalue weighted by Gasteiger charge is -2.16. The van der Waals surface area contributed by atoms with Gasteiger partial charge in [-0.1, -0.05) is 29.8 Å². The number of aliphatic hydroxyl groups is 1. The predicted molar refractivity (Wildman–Crippen MR) is 72.8 cm³/mol. The van der Waals surface area contributed by atoms with Gasteiger partial charge in [-0.05, 0) is 30.7 Å². The molecule has 0 aliphatic heterocycles. The van der Waals surface area contributed by atoms with Gasteiger partial charge in [-0.3, -0.25) is 0 Å². The molecule has 1 N–H and O–H groups in total. The smallest absolute Gasteiger partial charge is 0.126 e. The molecule has 0 saturated carbocycles. The lowest BCUT2D eigenvalue weighted by molar-refractivity contribution is 0.172. The molecule has 0 aromatic heterocycles. The molecule has 0 aliphatic rings. The van der Waals surface area contributed by atoms with E-state index in [1.165, 1.54) is 6.07 Å². The van der Waals surface area contributed by atoms with Crippen LogP contribution in [0.3, 0.4) is 0 Å². The van der Waals surface area contributed by atoms with Crippen molar-refractivity contribution in [2.45, 2.75) is 19.4 Å². The van der Waals surface area contributed by atoms with Crippen LogP contribution in [0.4, 0.5) is 4.39 Å². The zero-order valence-electron chi connectivity index (χ0n) is 11.1. The standard InChI is InChI=1S/C16H17FO2/c1-11-7-8-16(19-2)13(9-11)15(18)10-12-5-3-4-6-14(12)17/h3-9,15,18H,10H2,1-2H3. The van der Waals surface area contributed by atoms with Crippen molar-refractivity contribution in [1.29, 1.82) is 0 Å². The Morgan fingerprint density at radius 3 is 2.63 bits per heavy atom. The molecule has 100 valence electrons. The Bertz CT molecular complexity index is 566. The lowest BCUT2D eigenvalue weighted by atomic mass is 9.99. The van der Waals surface area contributed by atoms with Gasteiger partial charge in [0.1, 0.15) is 11.6 Å². The van der Waals surface area contributed by atoms with Gasteiger partial charge < -0.3 is 9.84 Å². The number of hydrogen-bond donors (Lipinski definition) is 1. The van der Waals surface area contributed by atoms with Gasteiger partial charge in [0, 0.05) is 12.0 Å². The van der Waals surface area contributed by atoms with Crippen molar-refractivity contribution in [2.24, 2.45) is 0 Å². The molecular weight excluding hydrogens is 243 g/mol. The Kier molecular flexibility index (Phi) is 4.17. The number of methoxy groups -OCH3 is 1. The zero-order valence-corrected chi connectivity index (χ0v) is 11.1. The molecule has 0 spiro atoms. The highest BCUT2D eigenvalue weighted by Gasteiger charge is 2.15. The molecular formula is C16H17FO2. The van der Waals surface area contributed by atoms with Crippen LogP contribution >= 0.6 is 0 Å². The maximum atomic E-state index is 13.6. The summed E-state index contributed by atoms with van der Waals surface area (Å²) in [6, 6.07) is 12.1. The molecule has 0 aliphatic carbocycles. The van der Waals surface area contributed by atoms with Crippen molar-refractivity contribution in [3.63, 3.8) is 0 Å². The summed E-state index contributed by atoms with van der Waals surface area (Å²) in [6.45, 7) is 1.94. The van der Waals surface area contributed by atoms with Crippen LogP contribution in [-0.4, -0.2) is 12.2 Å². The second-order valence-corrected chi connectivity index (χ2v) is 4.56. The minimum atomic E-state index is -0.785. The molecule has 0 bridgehead atoms. The van der Waals surface area contributed by atoms with Crippen LogP contribution in [0.25, 0.3) is 0 Å². The molecule has 0 saturated heterocycles. The van der Waals surface area contributed by atoms with E-state index in [0.29, 0.717) is 16.9 Å². The summed E-state index contributed by atoms with van der Waals surface area (Å²) in [5.41, 5.74) is 2.22. The van der Waals surface area contributed by atoms with Crippen LogP contribution in [0.5, 0.6) is 5.75 Å². The average molecular weight is 260 g/mol. The monoisotopic (exact) mass is 260 g/mol. The van der Waals surface area contributed by atoms with E-state index < -0.39 is 6.10 Å². The van der Waals surface area contributed by atoms with Crippen molar-refractivity contribution in [3.8, 4) is 5.75 Å². The highest BCUT2D eigenvalue weighted by molar-refractivity contribution is 5.39. The molecule has 1 unspecified atom stereocenters. The fourth-order valence-electron chi connectivity index (χ4n) is 2.10. The third-order valence-electron chi connectivity index (χ3n) is 3.12. The number of aryl methyl sites for hydroxylation is 1. The molecule has 2 rings (SSSR count). The molecule has 2 aromatic carbocycles. The molecule has 0 fully saturated rings. The van der Waals surface area contributed by atoms with Gasteiger partial charge in [0.2, 0.25) is 0 Å². The molecule has 2 nitrogen and oxygen atoms in total. The molecule has 19 heavy (non-hydrogen) atoms. The number of benzene rings is 2. The normalized spacial score (nSPS) is 12.2. The van der Waals surface area contributed by atoms with Gasteiger partial charge in [0.15, 0.2) is 0 Å². The minimum Gasteiger partial charge on any atom is -0.496 e. The summed E-state index contributed by atoms with van der Waals surface area (Å²) in [4.78, 5) is 0. The molecule has 0 heterocycles. The van der Waals surface area contributed by atoms with E-state index in [2.05, 4.69) is 0 Å². The van der Waals surface area contributed by atoms with Gasteiger partial charge in [-0.15, -0.1) is 0 Å². The van der Waals surface area contributed by atoms with E-state index in [1.807, 2.05) is 25.1 Å². The van der Waals surface area contributed by atoms with Crippen LogP contribution in [0.2, 0.25) is 0 Å². The van der Waals surface area contributed by atoms with Crippen molar-refractivity contribution < 1.29 is 14.2 Å². The number of aliphatic hydroxyl groups excluding tert-OH is 1. The Morgan fingerprint density at radius 1 is 1.21 bits per heavy atom. The molecule has 0 amide bonds. The number of hydrogen-bond acceptors (Lipinski definition) is 2. The number of ether oxygens (including phenoxy) is 1. The molecule has 3 heteroatoms. The SMILES string of the molecule is COc1ccc(C)cc1C(O)Cc1ccccc1F. The Labute approximate surface area is 112 Å². The van der Waals surface area contributed by atoms with Crippen molar-refractivity contribution in [2.75, 3.05) is 7.11 Å². The van der Waals surface area contributed by atoms with Crippen LogP contribution in [0, 0.1) is 12.7 Å². The van der Waals surface area contributed by atoms with E-state index in [1.54, 1.807) is 25.3 Å². The Morgan fingerprint density at radius 2 is 1.95 bits per heavy atom. The minimum absolute atomic E-state index is 0.229. The Balaban J connectivity index is 2.27. The quantitative estimate of drug-likeness (QED) is 0.912. The number of halogens is 1. The first-order valence-electron chi connectivity index (χ1n) is 6.18. The molecule has 1 atom stereocenters. The second-order valence-electron chi connectivity index (χ2n) is 4.56. The van der Waals surface area contributed by atoms with Crippen molar-refractivity contribution in [3.05, 3.63) is 65.0 Å². The average Bonchev–Trinajstić information content (AvgIpc) is 2.41. The van der Waals surface area contributed by atoms with Gasteiger partial charge in [0.05, 0.1) is 13.2 Å². The summed E-state index contributed by atoms with van der Waals surface area (Å²) in [7, 11) is 1.56. The third-order valence-corrected chi connectivity index (χ3v) is 3.12. The van der Waals surface area contributed by atoms with E-state index >= 15 is 0 Å². The molecule has 0 radical (unpaired) electrons. The summed E-state index contributed by atoms with van der Waals surface area (Å²) in [6.07, 6.45) is -0.557. The van der Waals surface area contributed by atoms with Crippen molar-refractivity contribution >= 4 is 0 Å². The van der Waals surface area contributed by atoms with E-state index in [9.17, 15) is 9.50 Å². The van der Waals surface area contributed by atoms with Crippen LogP contribution in [-0.2, 0) is 6.42 Å². The van der Waals surface area contributed by atoms with Gasteiger partial charge in [0.25, 0.3) is 0 Å². The topological polar surface area (TPSA) is 29.5 Å². The summed E-state index contributed by atoms with van der Waals surface area (Å²) >= 11 is 0. The van der Waals surface area contributed by atoms with E-state index in [0.717, 1.165) is 5.56 Å². The van der Waals surface area contributed by atoms with Gasteiger partial charge >= 0.3 is 0 Å². The highest BCUT2D eigenvalue weighted by atomic mass is 19.1. The number of rotatable bonds is 4.